The van der Waals surface area contributed by atoms with Crippen LogP contribution in [0.4, 0.5) is 5.69 Å². The first-order chi connectivity index (χ1) is 12.5. The average molecular weight is 356 g/mol. The molecule has 2 heterocycles. The first-order valence-electron chi connectivity index (χ1n) is 9.79. The number of anilines is 1. The van der Waals surface area contributed by atoms with Crippen molar-refractivity contribution in [1.29, 1.82) is 0 Å². The lowest BCUT2D eigenvalue weighted by Gasteiger charge is -2.21. The Balaban J connectivity index is 1.35. The fourth-order valence-corrected chi connectivity index (χ4v) is 3.90. The zero-order valence-electron chi connectivity index (χ0n) is 15.7. The van der Waals surface area contributed by atoms with Crippen molar-refractivity contribution >= 4 is 17.5 Å². The number of hydrogen-bond acceptors (Lipinski definition) is 3. The molecule has 4 rings (SSSR count). The van der Waals surface area contributed by atoms with Crippen LogP contribution in [0.3, 0.4) is 0 Å². The van der Waals surface area contributed by atoms with E-state index in [0.29, 0.717) is 19.5 Å². The second kappa shape index (κ2) is 7.03. The average Bonchev–Trinajstić information content (AvgIpc) is 3.19. The highest BCUT2D eigenvalue weighted by atomic mass is 16.5. The summed E-state index contributed by atoms with van der Waals surface area (Å²) in [5.74, 6) is 0.680. The van der Waals surface area contributed by atoms with Gasteiger partial charge < -0.3 is 14.5 Å². The number of nitrogens with zero attached hydrogens (tertiary/aromatic N) is 2. The fraction of sp³-hybridized carbons (Fsp3) is 0.619. The van der Waals surface area contributed by atoms with E-state index in [4.69, 9.17) is 4.74 Å². The number of aryl methyl sites for hydroxylation is 2. The molecule has 0 bridgehead atoms. The highest BCUT2D eigenvalue weighted by molar-refractivity contribution is 6.00. The number of ether oxygens (including phenoxy) is 1. The topological polar surface area (TPSA) is 49.9 Å². The number of benzene rings is 1. The molecule has 3 fully saturated rings. The van der Waals surface area contributed by atoms with Gasteiger partial charge in [0.1, 0.15) is 0 Å². The maximum atomic E-state index is 12.9. The van der Waals surface area contributed by atoms with Gasteiger partial charge in [0.15, 0.2) is 0 Å². The van der Waals surface area contributed by atoms with Crippen molar-refractivity contribution < 1.29 is 14.3 Å². The molecule has 1 aromatic carbocycles. The van der Waals surface area contributed by atoms with Gasteiger partial charge in [-0.15, -0.1) is 0 Å². The Morgan fingerprint density at radius 3 is 2.69 bits per heavy atom. The number of amides is 2. The van der Waals surface area contributed by atoms with Gasteiger partial charge in [-0.3, -0.25) is 9.59 Å². The van der Waals surface area contributed by atoms with Crippen LogP contribution >= 0.6 is 0 Å². The normalized spacial score (nSPS) is 26.0. The largest absolute Gasteiger partial charge is 0.376 e. The molecule has 0 N–H and O–H groups in total. The second-order valence-corrected chi connectivity index (χ2v) is 8.15. The van der Waals surface area contributed by atoms with Gasteiger partial charge in [-0.25, -0.2) is 0 Å². The summed E-state index contributed by atoms with van der Waals surface area (Å²) in [6.45, 7) is 6.88. The third-order valence-corrected chi connectivity index (χ3v) is 6.00. The van der Waals surface area contributed by atoms with Crippen molar-refractivity contribution in [1.82, 2.24) is 4.90 Å². The van der Waals surface area contributed by atoms with E-state index in [1.54, 1.807) is 4.90 Å². The number of likely N-dealkylation sites (tertiary alicyclic amines) is 1. The maximum Gasteiger partial charge on any atom is 0.228 e. The Hall–Kier alpha value is -1.88. The molecule has 2 atom stereocenters. The highest BCUT2D eigenvalue weighted by Crippen LogP contribution is 2.31. The summed E-state index contributed by atoms with van der Waals surface area (Å²) in [7, 11) is 0. The van der Waals surface area contributed by atoms with Crippen molar-refractivity contribution in [2.24, 2.45) is 11.8 Å². The molecule has 0 spiro atoms. The monoisotopic (exact) mass is 356 g/mol. The van der Waals surface area contributed by atoms with E-state index in [0.717, 1.165) is 31.2 Å². The minimum Gasteiger partial charge on any atom is -0.376 e. The van der Waals surface area contributed by atoms with Gasteiger partial charge in [0, 0.05) is 38.3 Å². The molecule has 1 aliphatic carbocycles. The van der Waals surface area contributed by atoms with Crippen molar-refractivity contribution in [2.75, 3.05) is 31.1 Å². The van der Waals surface area contributed by atoms with E-state index in [2.05, 4.69) is 6.92 Å². The van der Waals surface area contributed by atoms with Crippen molar-refractivity contribution in [3.05, 3.63) is 29.3 Å². The molecule has 0 radical (unpaired) electrons. The van der Waals surface area contributed by atoms with Crippen LogP contribution in [0.1, 0.15) is 36.8 Å². The summed E-state index contributed by atoms with van der Waals surface area (Å²) in [6.07, 6.45) is 3.98. The molecule has 1 aromatic rings. The Bertz CT molecular complexity index is 713. The molecule has 5 heteroatoms. The van der Waals surface area contributed by atoms with E-state index >= 15 is 0 Å². The Morgan fingerprint density at radius 2 is 1.96 bits per heavy atom. The van der Waals surface area contributed by atoms with Gasteiger partial charge in [0.05, 0.1) is 12.0 Å². The van der Waals surface area contributed by atoms with Gasteiger partial charge in [-0.1, -0.05) is 6.07 Å². The van der Waals surface area contributed by atoms with Crippen LogP contribution in [0, 0.1) is 25.7 Å². The van der Waals surface area contributed by atoms with Gasteiger partial charge >= 0.3 is 0 Å². The van der Waals surface area contributed by atoms with Gasteiger partial charge in [0.2, 0.25) is 11.8 Å². The van der Waals surface area contributed by atoms with Crippen molar-refractivity contribution in [3.8, 4) is 0 Å². The summed E-state index contributed by atoms with van der Waals surface area (Å²) >= 11 is 0. The number of hydrogen-bond donors (Lipinski definition) is 0. The molecule has 5 nitrogen and oxygen atoms in total. The van der Waals surface area contributed by atoms with E-state index < -0.39 is 0 Å². The Morgan fingerprint density at radius 1 is 1.15 bits per heavy atom. The Labute approximate surface area is 155 Å². The van der Waals surface area contributed by atoms with Crippen molar-refractivity contribution in [3.63, 3.8) is 0 Å². The van der Waals surface area contributed by atoms with Gasteiger partial charge in [-0.05, 0) is 62.3 Å². The molecule has 26 heavy (non-hydrogen) atoms. The fourth-order valence-electron chi connectivity index (χ4n) is 3.90. The SMILES string of the molecule is Cc1ccc(N2C[C@H](C(=O)N3CC[C@H](OCC4CC4)C3)CC2=O)cc1C. The minimum atomic E-state index is -0.230. The van der Waals surface area contributed by atoms with Crippen LogP contribution in [0.5, 0.6) is 0 Å². The van der Waals surface area contributed by atoms with Crippen molar-refractivity contribution in [2.45, 2.75) is 45.6 Å². The molecule has 1 saturated carbocycles. The molecule has 3 aliphatic rings. The van der Waals surface area contributed by atoms with Crippen LogP contribution in [0.25, 0.3) is 0 Å². The molecule has 0 aromatic heterocycles. The molecular weight excluding hydrogens is 328 g/mol. The minimum absolute atomic E-state index is 0.0485. The third-order valence-electron chi connectivity index (χ3n) is 6.00. The Kier molecular flexibility index (Phi) is 4.74. The predicted octanol–water partition coefficient (Wildman–Crippen LogP) is 2.68. The van der Waals surface area contributed by atoms with Gasteiger partial charge in [0.25, 0.3) is 0 Å². The lowest BCUT2D eigenvalue weighted by Crippen LogP contribution is -2.36. The first-order valence-corrected chi connectivity index (χ1v) is 9.79. The third kappa shape index (κ3) is 3.63. The summed E-state index contributed by atoms with van der Waals surface area (Å²) < 4.78 is 5.93. The predicted molar refractivity (Wildman–Crippen MR) is 100 cm³/mol. The molecular formula is C21H28N2O3. The summed E-state index contributed by atoms with van der Waals surface area (Å²) in [4.78, 5) is 29.0. The van der Waals surface area contributed by atoms with E-state index in [-0.39, 0.29) is 23.8 Å². The van der Waals surface area contributed by atoms with E-state index in [9.17, 15) is 9.59 Å². The molecule has 2 saturated heterocycles. The van der Waals surface area contributed by atoms with Crippen LogP contribution < -0.4 is 4.90 Å². The zero-order chi connectivity index (χ0) is 18.3. The van der Waals surface area contributed by atoms with Crippen LogP contribution in [0.2, 0.25) is 0 Å². The summed E-state index contributed by atoms with van der Waals surface area (Å²) in [6, 6.07) is 6.05. The maximum absolute atomic E-state index is 12.9. The molecule has 2 aliphatic heterocycles. The first kappa shape index (κ1) is 17.5. The lowest BCUT2D eigenvalue weighted by molar-refractivity contribution is -0.135. The van der Waals surface area contributed by atoms with Gasteiger partial charge in [-0.2, -0.15) is 0 Å². The number of rotatable bonds is 5. The molecule has 0 unspecified atom stereocenters. The summed E-state index contributed by atoms with van der Waals surface area (Å²) in [5, 5.41) is 0. The summed E-state index contributed by atoms with van der Waals surface area (Å²) in [5.41, 5.74) is 3.28. The molecule has 140 valence electrons. The van der Waals surface area contributed by atoms with E-state index in [1.807, 2.05) is 30.0 Å². The lowest BCUT2D eigenvalue weighted by atomic mass is 10.1. The standard InChI is InChI=1S/C21H28N2O3/c1-14-3-6-18(9-15(14)2)23-11-17(10-20(23)24)21(25)22-8-7-19(12-22)26-13-16-4-5-16/h3,6,9,16-17,19H,4-5,7-8,10-13H2,1-2H3/t17-,19+/m1/s1. The quantitative estimate of drug-likeness (QED) is 0.815. The number of carbonyl (C=O) groups is 2. The highest BCUT2D eigenvalue weighted by Gasteiger charge is 2.39. The second-order valence-electron chi connectivity index (χ2n) is 8.15. The zero-order valence-corrected chi connectivity index (χ0v) is 15.7. The van der Waals surface area contributed by atoms with Crippen LogP contribution in [-0.4, -0.2) is 49.1 Å². The smallest absolute Gasteiger partial charge is 0.228 e. The number of carbonyl (C=O) groups excluding carboxylic acids is 2. The van der Waals surface area contributed by atoms with E-state index in [1.165, 1.54) is 24.0 Å². The van der Waals surface area contributed by atoms with Crippen LogP contribution in [0.15, 0.2) is 18.2 Å². The molecule has 2 amide bonds. The van der Waals surface area contributed by atoms with Crippen LogP contribution in [-0.2, 0) is 14.3 Å².